The van der Waals surface area contributed by atoms with Gasteiger partial charge < -0.3 is 5.11 Å². The Morgan fingerprint density at radius 2 is 1.70 bits per heavy atom. The minimum Gasteiger partial charge on any atom is -0.858 e. The van der Waals surface area contributed by atoms with Gasteiger partial charge in [-0.2, -0.15) is 26.0 Å². The molecule has 0 radical (unpaired) electrons. The molecule has 0 unspecified atom stereocenters. The number of nitrogens with zero attached hydrogens (tertiary/aromatic N) is 1. The first-order chi connectivity index (χ1) is 8.88. The molecule has 0 aliphatic carbocycles. The van der Waals surface area contributed by atoms with Crippen LogP contribution in [0.15, 0.2) is 10.5 Å². The number of sulfonamides is 1. The second kappa shape index (κ2) is 5.13. The van der Waals surface area contributed by atoms with E-state index in [2.05, 4.69) is 0 Å². The van der Waals surface area contributed by atoms with E-state index in [4.69, 9.17) is 11.6 Å². The maximum Gasteiger partial charge on any atom is 0.518 e. The van der Waals surface area contributed by atoms with E-state index < -0.39 is 49.5 Å². The molecule has 0 amide bonds. The predicted molar refractivity (Wildman–Crippen MR) is 52.8 cm³/mol. The Morgan fingerprint density at radius 3 is 2.15 bits per heavy atom. The normalized spacial score (nSPS) is 13.7. The molecule has 0 spiro atoms. The highest BCUT2D eigenvalue weighted by Crippen LogP contribution is 2.27. The van der Waals surface area contributed by atoms with Crippen molar-refractivity contribution in [3.63, 3.8) is 0 Å². The zero-order valence-corrected chi connectivity index (χ0v) is 10.4. The van der Waals surface area contributed by atoms with E-state index >= 15 is 0 Å². The summed E-state index contributed by atoms with van der Waals surface area (Å²) in [5.74, 6) is -7.96. The first kappa shape index (κ1) is 16.6. The van der Waals surface area contributed by atoms with Crippen LogP contribution in [-0.4, -0.2) is 19.8 Å². The van der Waals surface area contributed by atoms with Crippen LogP contribution in [0.3, 0.4) is 0 Å². The Labute approximate surface area is 112 Å². The Balaban J connectivity index is 3.48. The van der Waals surface area contributed by atoms with Crippen molar-refractivity contribution in [2.24, 2.45) is 4.40 Å². The average Bonchev–Trinajstić information content (AvgIpc) is 2.29. The van der Waals surface area contributed by atoms with Crippen molar-refractivity contribution >= 4 is 27.5 Å². The molecular weight excluding hydrogens is 340 g/mol. The van der Waals surface area contributed by atoms with Crippen molar-refractivity contribution in [3.05, 3.63) is 34.1 Å². The molecule has 0 atom stereocenters. The summed E-state index contributed by atoms with van der Waals surface area (Å²) in [7, 11) is -6.25. The van der Waals surface area contributed by atoms with Gasteiger partial charge in [-0.1, -0.05) is 11.6 Å². The molecule has 4 nitrogen and oxygen atoms in total. The zero-order chi connectivity index (χ0) is 15.9. The molecule has 0 N–H and O–H groups in total. The lowest BCUT2D eigenvalue weighted by atomic mass is 10.2. The third kappa shape index (κ3) is 2.98. The summed E-state index contributed by atoms with van der Waals surface area (Å²) in [5, 5.41) is 9.59. The van der Waals surface area contributed by atoms with Gasteiger partial charge in [0.15, 0.2) is 17.5 Å². The lowest BCUT2D eigenvalue weighted by molar-refractivity contribution is -0.212. The van der Waals surface area contributed by atoms with Crippen LogP contribution >= 0.6 is 11.6 Å². The van der Waals surface area contributed by atoms with Gasteiger partial charge in [0.05, 0.1) is 0 Å². The average molecular weight is 341 g/mol. The summed E-state index contributed by atoms with van der Waals surface area (Å²) in [5.41, 5.74) is -7.46. The highest BCUT2D eigenvalue weighted by atomic mass is 35.5. The fourth-order valence-electron chi connectivity index (χ4n) is 0.939. The molecule has 0 aromatic heterocycles. The first-order valence-electron chi connectivity index (χ1n) is 4.30. The largest absolute Gasteiger partial charge is 0.858 e. The van der Waals surface area contributed by atoms with Gasteiger partial charge in [-0.25, -0.2) is 13.2 Å². The van der Waals surface area contributed by atoms with Crippen molar-refractivity contribution in [1.82, 2.24) is 0 Å². The molecule has 112 valence electrons. The zero-order valence-electron chi connectivity index (χ0n) is 8.80. The number of rotatable bonds is 2. The second-order valence-corrected chi connectivity index (χ2v) is 5.14. The summed E-state index contributed by atoms with van der Waals surface area (Å²) < 4.78 is 97.6. The van der Waals surface area contributed by atoms with E-state index in [1.165, 1.54) is 0 Å². The Hall–Kier alpha value is -1.49. The van der Waals surface area contributed by atoms with Crippen molar-refractivity contribution in [2.75, 3.05) is 0 Å². The van der Waals surface area contributed by atoms with Crippen molar-refractivity contribution in [1.29, 1.82) is 0 Å². The monoisotopic (exact) mass is 340 g/mol. The van der Waals surface area contributed by atoms with E-state index in [1.54, 1.807) is 4.40 Å². The first-order valence-corrected chi connectivity index (χ1v) is 6.12. The van der Waals surface area contributed by atoms with Crippen LogP contribution in [0.4, 0.5) is 26.3 Å². The number of hydrogen-bond donors (Lipinski definition) is 0. The molecule has 0 aliphatic rings. The summed E-state index contributed by atoms with van der Waals surface area (Å²) in [6, 6.07) is -0.158. The van der Waals surface area contributed by atoms with Crippen LogP contribution < -0.4 is 5.11 Å². The summed E-state index contributed by atoms with van der Waals surface area (Å²) in [6.07, 6.45) is 0. The van der Waals surface area contributed by atoms with E-state index in [-0.39, 0.29) is 6.07 Å². The summed E-state index contributed by atoms with van der Waals surface area (Å²) >= 11 is 4.94. The van der Waals surface area contributed by atoms with Crippen LogP contribution in [0.2, 0.25) is 5.02 Å². The molecule has 1 rings (SSSR count). The number of halogens is 7. The quantitative estimate of drug-likeness (QED) is 0.271. The van der Waals surface area contributed by atoms with Crippen LogP contribution in [0.5, 0.6) is 0 Å². The van der Waals surface area contributed by atoms with Gasteiger partial charge in [-0.3, -0.25) is 0 Å². The highest BCUT2D eigenvalue weighted by Gasteiger charge is 2.45. The van der Waals surface area contributed by atoms with Gasteiger partial charge in [0.25, 0.3) is 0 Å². The van der Waals surface area contributed by atoms with Crippen molar-refractivity contribution in [3.8, 4) is 0 Å². The van der Waals surface area contributed by atoms with Crippen LogP contribution in [0.25, 0.3) is 0 Å². The van der Waals surface area contributed by atoms with Crippen LogP contribution in [0, 0.1) is 17.5 Å². The predicted octanol–water partition coefficient (Wildman–Crippen LogP) is 1.71. The van der Waals surface area contributed by atoms with E-state index in [0.717, 1.165) is 0 Å². The SMILES string of the molecule is O=S(=O)(/N=C(\[O-])c1cc(F)c(F)c(Cl)c1F)C(F)(F)F. The Bertz CT molecular complexity index is 684. The molecule has 1 aromatic rings. The fraction of sp³-hybridized carbons (Fsp3) is 0.125. The molecule has 0 saturated heterocycles. The van der Waals surface area contributed by atoms with Crippen LogP contribution in [-0.2, 0) is 10.0 Å². The third-order valence-corrected chi connectivity index (χ3v) is 3.15. The third-order valence-electron chi connectivity index (χ3n) is 1.83. The molecule has 0 fully saturated rings. The van der Waals surface area contributed by atoms with Crippen molar-refractivity contribution in [2.45, 2.75) is 5.51 Å². The highest BCUT2D eigenvalue weighted by molar-refractivity contribution is 7.91. The maximum atomic E-state index is 13.3. The molecule has 0 saturated carbocycles. The summed E-state index contributed by atoms with van der Waals surface area (Å²) in [4.78, 5) is 0. The van der Waals surface area contributed by atoms with E-state index in [9.17, 15) is 39.9 Å². The van der Waals surface area contributed by atoms with Gasteiger partial charge in [0, 0.05) is 11.5 Å². The van der Waals surface area contributed by atoms with Gasteiger partial charge in [-0.15, -0.1) is 0 Å². The molecular formula is C8HClF6NO3S-. The van der Waals surface area contributed by atoms with Gasteiger partial charge in [0.2, 0.25) is 0 Å². The van der Waals surface area contributed by atoms with Gasteiger partial charge >= 0.3 is 15.5 Å². The molecule has 1 aromatic carbocycles. The molecule has 12 heteroatoms. The number of alkyl halides is 3. The lowest BCUT2D eigenvalue weighted by Gasteiger charge is -2.13. The Kier molecular flexibility index (Phi) is 4.25. The topological polar surface area (TPSA) is 69.6 Å². The molecule has 0 bridgehead atoms. The second-order valence-electron chi connectivity index (χ2n) is 3.17. The standard InChI is InChI=1S/C8H2ClF6NO3S/c9-4-5(11)2(1-3(10)6(4)12)7(17)16-20(18,19)8(13,14)15/h1H,(H,16,17)/p-1. The van der Waals surface area contributed by atoms with E-state index in [1.807, 2.05) is 0 Å². The lowest BCUT2D eigenvalue weighted by Crippen LogP contribution is -2.28. The van der Waals surface area contributed by atoms with Gasteiger partial charge in [-0.05, 0) is 6.07 Å². The summed E-state index contributed by atoms with van der Waals surface area (Å²) in [6.45, 7) is 0. The fourth-order valence-corrected chi connectivity index (χ4v) is 1.55. The van der Waals surface area contributed by atoms with Gasteiger partial charge in [0.1, 0.15) is 5.02 Å². The number of benzene rings is 1. The molecule has 0 heterocycles. The molecule has 0 aliphatic heterocycles. The number of hydrogen-bond acceptors (Lipinski definition) is 3. The minimum absolute atomic E-state index is 0.158. The van der Waals surface area contributed by atoms with E-state index in [0.29, 0.717) is 0 Å². The maximum absolute atomic E-state index is 13.3. The van der Waals surface area contributed by atoms with Crippen LogP contribution in [0.1, 0.15) is 5.56 Å². The molecule has 20 heavy (non-hydrogen) atoms. The Morgan fingerprint density at radius 1 is 1.20 bits per heavy atom. The minimum atomic E-state index is -6.25. The van der Waals surface area contributed by atoms with Crippen molar-refractivity contribution < 1.29 is 39.9 Å². The smallest absolute Gasteiger partial charge is 0.518 e.